The number of hydrogen-bond acceptors (Lipinski definition) is 3. The summed E-state index contributed by atoms with van der Waals surface area (Å²) in [4.78, 5) is 12.3. The minimum Gasteiger partial charge on any atom is -0.354 e. The Labute approximate surface area is 151 Å². The molecule has 2 aromatic rings. The zero-order chi connectivity index (χ0) is 18.8. The van der Waals surface area contributed by atoms with E-state index < -0.39 is 17.4 Å². The van der Waals surface area contributed by atoms with Crippen molar-refractivity contribution in [1.29, 1.82) is 0 Å². The lowest BCUT2D eigenvalue weighted by molar-refractivity contribution is -0.141. The van der Waals surface area contributed by atoms with Crippen molar-refractivity contribution < 1.29 is 18.0 Å². The van der Waals surface area contributed by atoms with Gasteiger partial charge in [-0.1, -0.05) is 0 Å². The Morgan fingerprint density at radius 1 is 1.36 bits per heavy atom. The number of amides is 1. The number of alkyl halides is 3. The summed E-state index contributed by atoms with van der Waals surface area (Å²) >= 11 is 3.28. The maximum atomic E-state index is 12.6. The van der Waals surface area contributed by atoms with Crippen LogP contribution in [0.3, 0.4) is 0 Å². The first-order valence-corrected chi connectivity index (χ1v) is 8.41. The molecule has 0 bridgehead atoms. The van der Waals surface area contributed by atoms with Crippen LogP contribution in [0.2, 0.25) is 0 Å². The van der Waals surface area contributed by atoms with Crippen LogP contribution in [0, 0.1) is 6.92 Å². The fraction of sp³-hybridized carbons (Fsp3) is 0.533. The Kier molecular flexibility index (Phi) is 5.60. The standard InChI is InChI=1S/C15H19BrF3N5O/c1-10-7-12(15(17,18)19)22-23(10)6-4-5-20-13(25)14(2,3)24-9-11(16)8-21-24/h7-9H,4-6H2,1-3H3,(H,20,25). The van der Waals surface area contributed by atoms with Crippen LogP contribution in [0.5, 0.6) is 0 Å². The molecule has 0 saturated heterocycles. The van der Waals surface area contributed by atoms with Gasteiger partial charge in [-0.3, -0.25) is 14.2 Å². The van der Waals surface area contributed by atoms with E-state index in [0.717, 1.165) is 10.5 Å². The van der Waals surface area contributed by atoms with Crippen LogP contribution < -0.4 is 5.32 Å². The molecule has 0 atom stereocenters. The van der Waals surface area contributed by atoms with Crippen LogP contribution in [-0.2, 0) is 23.1 Å². The average Bonchev–Trinajstić information content (AvgIpc) is 3.09. The molecule has 2 rings (SSSR count). The highest BCUT2D eigenvalue weighted by atomic mass is 79.9. The molecule has 0 spiro atoms. The number of rotatable bonds is 6. The predicted octanol–water partition coefficient (Wildman–Crippen LogP) is 3.11. The Hall–Kier alpha value is -1.84. The maximum absolute atomic E-state index is 12.6. The maximum Gasteiger partial charge on any atom is 0.435 e. The Balaban J connectivity index is 1.87. The molecular formula is C15H19BrF3N5O. The van der Waals surface area contributed by atoms with Gasteiger partial charge < -0.3 is 5.32 Å². The summed E-state index contributed by atoms with van der Waals surface area (Å²) in [5, 5.41) is 10.4. The largest absolute Gasteiger partial charge is 0.435 e. The fourth-order valence-corrected chi connectivity index (χ4v) is 2.52. The van der Waals surface area contributed by atoms with E-state index in [-0.39, 0.29) is 12.5 Å². The summed E-state index contributed by atoms with van der Waals surface area (Å²) in [5.74, 6) is -0.226. The first kappa shape index (κ1) is 19.5. The fourth-order valence-electron chi connectivity index (χ4n) is 2.23. The quantitative estimate of drug-likeness (QED) is 0.728. The van der Waals surface area contributed by atoms with Gasteiger partial charge in [0, 0.05) is 25.0 Å². The van der Waals surface area contributed by atoms with Gasteiger partial charge in [0.05, 0.1) is 10.7 Å². The van der Waals surface area contributed by atoms with E-state index >= 15 is 0 Å². The lowest BCUT2D eigenvalue weighted by Gasteiger charge is -2.24. The monoisotopic (exact) mass is 421 g/mol. The van der Waals surface area contributed by atoms with Gasteiger partial charge in [-0.05, 0) is 49.2 Å². The van der Waals surface area contributed by atoms with E-state index in [0.29, 0.717) is 18.7 Å². The minimum absolute atomic E-state index is 0.226. The molecule has 0 saturated carbocycles. The van der Waals surface area contributed by atoms with Gasteiger partial charge >= 0.3 is 6.18 Å². The number of halogens is 4. The summed E-state index contributed by atoms with van der Waals surface area (Å²) in [6.45, 7) is 5.64. The van der Waals surface area contributed by atoms with Crippen LogP contribution in [0.25, 0.3) is 0 Å². The van der Waals surface area contributed by atoms with Crippen molar-refractivity contribution in [2.24, 2.45) is 0 Å². The smallest absolute Gasteiger partial charge is 0.354 e. The lowest BCUT2D eigenvalue weighted by atomic mass is 10.1. The van der Waals surface area contributed by atoms with Crippen molar-refractivity contribution in [2.45, 2.75) is 45.5 Å². The van der Waals surface area contributed by atoms with Gasteiger partial charge in [0.25, 0.3) is 0 Å². The second-order valence-electron chi connectivity index (χ2n) is 6.16. The molecule has 0 radical (unpaired) electrons. The van der Waals surface area contributed by atoms with Gasteiger partial charge in [-0.2, -0.15) is 23.4 Å². The molecule has 1 amide bonds. The second kappa shape index (κ2) is 7.19. The summed E-state index contributed by atoms with van der Waals surface area (Å²) in [6, 6.07) is 1.01. The summed E-state index contributed by atoms with van der Waals surface area (Å²) < 4.78 is 41.5. The summed E-state index contributed by atoms with van der Waals surface area (Å²) in [5.41, 5.74) is -1.35. The number of nitrogens with zero attached hydrogens (tertiary/aromatic N) is 4. The Bertz CT molecular complexity index is 751. The third-order valence-corrected chi connectivity index (χ3v) is 4.19. The topological polar surface area (TPSA) is 64.7 Å². The number of aromatic nitrogens is 4. The molecule has 2 heterocycles. The number of aryl methyl sites for hydroxylation is 2. The molecule has 10 heteroatoms. The highest BCUT2D eigenvalue weighted by Gasteiger charge is 2.34. The lowest BCUT2D eigenvalue weighted by Crippen LogP contribution is -2.45. The van der Waals surface area contributed by atoms with Crippen LogP contribution >= 0.6 is 15.9 Å². The molecule has 2 aromatic heterocycles. The minimum atomic E-state index is -4.45. The molecule has 0 aliphatic heterocycles. The molecule has 1 N–H and O–H groups in total. The van der Waals surface area contributed by atoms with E-state index in [1.165, 1.54) is 4.68 Å². The van der Waals surface area contributed by atoms with Gasteiger partial charge in [0.1, 0.15) is 5.54 Å². The van der Waals surface area contributed by atoms with Crippen molar-refractivity contribution in [2.75, 3.05) is 6.54 Å². The van der Waals surface area contributed by atoms with E-state index in [4.69, 9.17) is 0 Å². The molecular weight excluding hydrogens is 403 g/mol. The van der Waals surface area contributed by atoms with Crippen molar-refractivity contribution in [3.05, 3.63) is 34.3 Å². The molecule has 0 aliphatic carbocycles. The predicted molar refractivity (Wildman–Crippen MR) is 88.8 cm³/mol. The van der Waals surface area contributed by atoms with Crippen LogP contribution in [-0.4, -0.2) is 32.0 Å². The second-order valence-corrected chi connectivity index (χ2v) is 7.08. The zero-order valence-electron chi connectivity index (χ0n) is 14.1. The van der Waals surface area contributed by atoms with Gasteiger partial charge in [0.15, 0.2) is 5.69 Å². The third kappa shape index (κ3) is 4.62. The summed E-state index contributed by atoms with van der Waals surface area (Å²) in [6.07, 6.45) is -0.699. The number of nitrogens with one attached hydrogen (secondary N) is 1. The van der Waals surface area contributed by atoms with Gasteiger partial charge in [-0.25, -0.2) is 0 Å². The zero-order valence-corrected chi connectivity index (χ0v) is 15.6. The van der Waals surface area contributed by atoms with Crippen molar-refractivity contribution in [3.63, 3.8) is 0 Å². The van der Waals surface area contributed by atoms with Crippen LogP contribution in [0.15, 0.2) is 22.9 Å². The molecule has 0 unspecified atom stereocenters. The number of carbonyl (C=O) groups excluding carboxylic acids is 1. The Morgan fingerprint density at radius 2 is 2.04 bits per heavy atom. The van der Waals surface area contributed by atoms with E-state index in [2.05, 4.69) is 31.4 Å². The van der Waals surface area contributed by atoms with Gasteiger partial charge in [-0.15, -0.1) is 0 Å². The molecule has 25 heavy (non-hydrogen) atoms. The van der Waals surface area contributed by atoms with Crippen LogP contribution in [0.1, 0.15) is 31.7 Å². The highest BCUT2D eigenvalue weighted by Crippen LogP contribution is 2.28. The molecule has 0 fully saturated rings. The SMILES string of the molecule is Cc1cc(C(F)(F)F)nn1CCCNC(=O)C(C)(C)n1cc(Br)cn1. The molecule has 0 aromatic carbocycles. The van der Waals surface area contributed by atoms with Crippen molar-refractivity contribution in [1.82, 2.24) is 24.9 Å². The first-order valence-electron chi connectivity index (χ1n) is 7.62. The third-order valence-electron chi connectivity index (χ3n) is 3.78. The highest BCUT2D eigenvalue weighted by molar-refractivity contribution is 9.10. The van der Waals surface area contributed by atoms with Crippen LogP contribution in [0.4, 0.5) is 13.2 Å². The van der Waals surface area contributed by atoms with Crippen molar-refractivity contribution in [3.8, 4) is 0 Å². The Morgan fingerprint density at radius 3 is 2.56 bits per heavy atom. The van der Waals surface area contributed by atoms with E-state index in [1.807, 2.05) is 0 Å². The van der Waals surface area contributed by atoms with E-state index in [1.54, 1.807) is 37.8 Å². The molecule has 6 nitrogen and oxygen atoms in total. The van der Waals surface area contributed by atoms with Gasteiger partial charge in [0.2, 0.25) is 5.91 Å². The van der Waals surface area contributed by atoms with E-state index in [9.17, 15) is 18.0 Å². The average molecular weight is 422 g/mol. The molecule has 138 valence electrons. The number of hydrogen-bond donors (Lipinski definition) is 1. The van der Waals surface area contributed by atoms with Crippen molar-refractivity contribution >= 4 is 21.8 Å². The number of carbonyl (C=O) groups is 1. The summed E-state index contributed by atoms with van der Waals surface area (Å²) in [7, 11) is 0. The molecule has 0 aliphatic rings. The first-order chi connectivity index (χ1) is 11.5. The normalized spacial score (nSPS) is 12.4.